The van der Waals surface area contributed by atoms with Crippen molar-refractivity contribution in [3.8, 4) is 22.5 Å². The Labute approximate surface area is 173 Å². The molecule has 0 spiro atoms. The van der Waals surface area contributed by atoms with Crippen LogP contribution in [0.4, 0.5) is 5.82 Å². The van der Waals surface area contributed by atoms with Gasteiger partial charge in [0.1, 0.15) is 17.2 Å². The lowest BCUT2D eigenvalue weighted by molar-refractivity contribution is 0.498. The number of fused-ring (bicyclic) bond motifs is 1. The highest BCUT2D eigenvalue weighted by Crippen LogP contribution is 2.33. The second-order valence-electron chi connectivity index (χ2n) is 7.40. The third-order valence-corrected chi connectivity index (χ3v) is 5.81. The van der Waals surface area contributed by atoms with Gasteiger partial charge in [-0.15, -0.1) is 0 Å². The van der Waals surface area contributed by atoms with Crippen molar-refractivity contribution < 1.29 is 0 Å². The molecule has 0 radical (unpaired) electrons. The molecule has 0 amide bonds. The van der Waals surface area contributed by atoms with Crippen LogP contribution in [0.2, 0.25) is 5.02 Å². The Morgan fingerprint density at radius 1 is 1.07 bits per heavy atom. The van der Waals surface area contributed by atoms with Gasteiger partial charge in [0.2, 0.25) is 0 Å². The molecule has 1 aliphatic heterocycles. The van der Waals surface area contributed by atoms with Crippen molar-refractivity contribution >= 4 is 28.3 Å². The number of nitrogens with one attached hydrogen (secondary N) is 1. The molecule has 1 fully saturated rings. The number of nitrogens with zero attached hydrogens (tertiary/aromatic N) is 4. The summed E-state index contributed by atoms with van der Waals surface area (Å²) in [6.07, 6.45) is 5.51. The molecule has 7 heteroatoms. The van der Waals surface area contributed by atoms with E-state index in [0.29, 0.717) is 0 Å². The number of anilines is 1. The number of hydrogen-bond acceptors (Lipinski definition) is 5. The number of halogens is 1. The maximum Gasteiger partial charge on any atom is 0.147 e. The van der Waals surface area contributed by atoms with Gasteiger partial charge in [0.15, 0.2) is 0 Å². The average Bonchev–Trinajstić information content (AvgIpc) is 3.18. The molecule has 5 rings (SSSR count). The predicted octanol–water partition coefficient (Wildman–Crippen LogP) is 4.27. The highest BCUT2D eigenvalue weighted by Gasteiger charge is 2.19. The number of H-pyrrole nitrogens is 1. The van der Waals surface area contributed by atoms with Gasteiger partial charge in [-0.3, -0.25) is 10.1 Å². The summed E-state index contributed by atoms with van der Waals surface area (Å²) >= 11 is 6.40. The first-order chi connectivity index (χ1) is 14.2. The minimum atomic E-state index is 0.279. The zero-order chi connectivity index (χ0) is 19.8. The topological polar surface area (TPSA) is 83.7 Å². The average molecular weight is 405 g/mol. The van der Waals surface area contributed by atoms with Crippen LogP contribution in [0, 0.1) is 0 Å². The summed E-state index contributed by atoms with van der Waals surface area (Å²) < 4.78 is 0. The van der Waals surface area contributed by atoms with E-state index in [-0.39, 0.29) is 6.04 Å². The smallest absolute Gasteiger partial charge is 0.147 e. The molecule has 3 heterocycles. The summed E-state index contributed by atoms with van der Waals surface area (Å²) in [5.41, 5.74) is 10.6. The number of benzene rings is 2. The fourth-order valence-electron chi connectivity index (χ4n) is 3.82. The van der Waals surface area contributed by atoms with Crippen LogP contribution in [0.25, 0.3) is 33.4 Å². The van der Waals surface area contributed by atoms with Crippen molar-refractivity contribution in [1.82, 2.24) is 20.2 Å². The standard InChI is InChI=1S/C22H21ClN6/c23-18-4-2-1-3-16(18)14-5-6-19-17(11-14)22(28-27-19)20-12-25-13-21(26-20)29-9-7-15(24)8-10-29/h1-6,11-13,15H,7-10,24H2,(H,27,28). The van der Waals surface area contributed by atoms with Crippen LogP contribution < -0.4 is 10.6 Å². The zero-order valence-corrected chi connectivity index (χ0v) is 16.6. The third-order valence-electron chi connectivity index (χ3n) is 5.48. The van der Waals surface area contributed by atoms with E-state index >= 15 is 0 Å². The SMILES string of the molecule is NC1CCN(c2cncc(-c3n[nH]c4ccc(-c5ccccc5Cl)cc34)n2)CC1. The molecule has 0 unspecified atom stereocenters. The van der Waals surface area contributed by atoms with Gasteiger partial charge in [0.25, 0.3) is 0 Å². The van der Waals surface area contributed by atoms with Gasteiger partial charge in [-0.2, -0.15) is 5.10 Å². The number of nitrogens with two attached hydrogens (primary N) is 1. The summed E-state index contributed by atoms with van der Waals surface area (Å²) in [5, 5.41) is 9.34. The molecule has 1 saturated heterocycles. The van der Waals surface area contributed by atoms with Gasteiger partial charge in [0.05, 0.1) is 17.9 Å². The Morgan fingerprint density at radius 3 is 2.72 bits per heavy atom. The summed E-state index contributed by atoms with van der Waals surface area (Å²) in [6, 6.07) is 14.3. The molecular formula is C22H21ClN6. The highest BCUT2D eigenvalue weighted by molar-refractivity contribution is 6.33. The van der Waals surface area contributed by atoms with Crippen molar-refractivity contribution in [3.63, 3.8) is 0 Å². The monoisotopic (exact) mass is 404 g/mol. The molecule has 4 aromatic rings. The largest absolute Gasteiger partial charge is 0.355 e. The number of rotatable bonds is 3. The summed E-state index contributed by atoms with van der Waals surface area (Å²) in [7, 11) is 0. The fraction of sp³-hybridized carbons (Fsp3) is 0.227. The molecule has 3 N–H and O–H groups in total. The Bertz CT molecular complexity index is 1160. The summed E-state index contributed by atoms with van der Waals surface area (Å²) in [5.74, 6) is 0.868. The Kier molecular flexibility index (Phi) is 4.66. The van der Waals surface area contributed by atoms with E-state index < -0.39 is 0 Å². The van der Waals surface area contributed by atoms with E-state index in [2.05, 4.69) is 26.1 Å². The van der Waals surface area contributed by atoms with Gasteiger partial charge in [-0.25, -0.2) is 4.98 Å². The first-order valence-electron chi connectivity index (χ1n) is 9.75. The van der Waals surface area contributed by atoms with Crippen LogP contribution in [0.1, 0.15) is 12.8 Å². The second kappa shape index (κ2) is 7.46. The van der Waals surface area contributed by atoms with E-state index in [1.807, 2.05) is 42.6 Å². The lowest BCUT2D eigenvalue weighted by Gasteiger charge is -2.30. The maximum absolute atomic E-state index is 6.40. The van der Waals surface area contributed by atoms with Crippen molar-refractivity contribution in [3.05, 3.63) is 59.9 Å². The third kappa shape index (κ3) is 3.45. The Hall–Kier alpha value is -2.96. The molecule has 0 saturated carbocycles. The van der Waals surface area contributed by atoms with Crippen molar-refractivity contribution in [2.45, 2.75) is 18.9 Å². The summed E-state index contributed by atoms with van der Waals surface area (Å²) in [4.78, 5) is 11.5. The van der Waals surface area contributed by atoms with Gasteiger partial charge in [-0.1, -0.05) is 35.9 Å². The molecule has 2 aromatic carbocycles. The zero-order valence-electron chi connectivity index (χ0n) is 15.8. The minimum absolute atomic E-state index is 0.279. The fourth-order valence-corrected chi connectivity index (χ4v) is 4.07. The number of aromatic amines is 1. The lowest BCUT2D eigenvalue weighted by Crippen LogP contribution is -2.40. The van der Waals surface area contributed by atoms with Crippen molar-refractivity contribution in [1.29, 1.82) is 0 Å². The minimum Gasteiger partial charge on any atom is -0.355 e. The van der Waals surface area contributed by atoms with Crippen LogP contribution in [0.5, 0.6) is 0 Å². The molecular weight excluding hydrogens is 384 g/mol. The van der Waals surface area contributed by atoms with Gasteiger partial charge < -0.3 is 10.6 Å². The second-order valence-corrected chi connectivity index (χ2v) is 7.81. The quantitative estimate of drug-likeness (QED) is 0.532. The van der Waals surface area contributed by atoms with Gasteiger partial charge in [-0.05, 0) is 36.6 Å². The Morgan fingerprint density at radius 2 is 1.90 bits per heavy atom. The van der Waals surface area contributed by atoms with Crippen molar-refractivity contribution in [2.24, 2.45) is 5.73 Å². The number of aromatic nitrogens is 4. The molecule has 1 aliphatic rings. The van der Waals surface area contributed by atoms with Crippen LogP contribution >= 0.6 is 11.6 Å². The van der Waals surface area contributed by atoms with Crippen LogP contribution in [-0.2, 0) is 0 Å². The molecule has 0 bridgehead atoms. The number of hydrogen-bond donors (Lipinski definition) is 2. The number of piperidine rings is 1. The molecule has 0 aliphatic carbocycles. The Balaban J connectivity index is 1.55. The van der Waals surface area contributed by atoms with Crippen LogP contribution in [-0.4, -0.2) is 39.3 Å². The van der Waals surface area contributed by atoms with Gasteiger partial charge in [0, 0.05) is 35.1 Å². The first-order valence-corrected chi connectivity index (χ1v) is 10.1. The molecule has 6 nitrogen and oxygen atoms in total. The van der Waals surface area contributed by atoms with Crippen LogP contribution in [0.15, 0.2) is 54.9 Å². The highest BCUT2D eigenvalue weighted by atomic mass is 35.5. The maximum atomic E-state index is 6.40. The van der Waals surface area contributed by atoms with Crippen molar-refractivity contribution in [2.75, 3.05) is 18.0 Å². The van der Waals surface area contributed by atoms with Crippen LogP contribution in [0.3, 0.4) is 0 Å². The van der Waals surface area contributed by atoms with E-state index in [1.54, 1.807) is 6.20 Å². The van der Waals surface area contributed by atoms with Gasteiger partial charge >= 0.3 is 0 Å². The molecule has 0 atom stereocenters. The summed E-state index contributed by atoms with van der Waals surface area (Å²) in [6.45, 7) is 1.80. The lowest BCUT2D eigenvalue weighted by atomic mass is 10.0. The van der Waals surface area contributed by atoms with E-state index in [9.17, 15) is 0 Å². The normalized spacial score (nSPS) is 15.2. The van der Waals surface area contributed by atoms with E-state index in [4.69, 9.17) is 22.3 Å². The predicted molar refractivity (Wildman–Crippen MR) is 117 cm³/mol. The van der Waals surface area contributed by atoms with E-state index in [0.717, 1.165) is 70.2 Å². The first kappa shape index (κ1) is 18.1. The molecule has 29 heavy (non-hydrogen) atoms. The molecule has 146 valence electrons. The van der Waals surface area contributed by atoms with E-state index in [1.165, 1.54) is 0 Å². The molecule has 2 aromatic heterocycles.